The first-order chi connectivity index (χ1) is 12.1. The molecule has 1 aliphatic carbocycles. The summed E-state index contributed by atoms with van der Waals surface area (Å²) in [5, 5.41) is 6.72. The third-order valence-electron chi connectivity index (χ3n) is 5.16. The summed E-state index contributed by atoms with van der Waals surface area (Å²) in [7, 11) is 1.76. The van der Waals surface area contributed by atoms with Crippen LogP contribution in [0, 0.1) is 18.2 Å². The molecule has 6 heteroatoms. The Morgan fingerprint density at radius 1 is 1.31 bits per heavy atom. The van der Waals surface area contributed by atoms with Crippen molar-refractivity contribution in [1.29, 1.82) is 0 Å². The topological polar surface area (TPSA) is 45.7 Å². The number of halogens is 2. The number of aryl methyl sites for hydroxylation is 1. The Kier molecular flexibility index (Phi) is 10.5. The molecule has 2 rings (SSSR count). The van der Waals surface area contributed by atoms with Gasteiger partial charge in [-0.25, -0.2) is 4.39 Å². The minimum Gasteiger partial charge on any atom is -0.385 e. The van der Waals surface area contributed by atoms with Gasteiger partial charge < -0.3 is 15.4 Å². The van der Waals surface area contributed by atoms with Crippen molar-refractivity contribution in [3.05, 3.63) is 35.1 Å². The molecule has 1 aromatic rings. The molecule has 0 unspecified atom stereocenters. The molecule has 0 amide bonds. The van der Waals surface area contributed by atoms with E-state index in [1.165, 1.54) is 30.9 Å². The van der Waals surface area contributed by atoms with E-state index >= 15 is 0 Å². The predicted octanol–water partition coefficient (Wildman–Crippen LogP) is 4.06. The highest BCUT2D eigenvalue weighted by molar-refractivity contribution is 14.0. The van der Waals surface area contributed by atoms with E-state index in [-0.39, 0.29) is 29.8 Å². The molecule has 1 fully saturated rings. The first-order valence-electron chi connectivity index (χ1n) is 9.35. The van der Waals surface area contributed by atoms with Crippen LogP contribution in [0.2, 0.25) is 0 Å². The van der Waals surface area contributed by atoms with E-state index < -0.39 is 0 Å². The van der Waals surface area contributed by atoms with Crippen LogP contribution in [0.15, 0.2) is 23.2 Å². The van der Waals surface area contributed by atoms with Gasteiger partial charge >= 0.3 is 0 Å². The summed E-state index contributed by atoms with van der Waals surface area (Å²) in [6, 6.07) is 4.98. The minimum absolute atomic E-state index is 0. The lowest BCUT2D eigenvalue weighted by atomic mass is 9.67. The summed E-state index contributed by atoms with van der Waals surface area (Å²) in [5.74, 6) is 0.692. The number of guanidine groups is 1. The maximum Gasteiger partial charge on any atom is 0.191 e. The Morgan fingerprint density at radius 2 is 2.08 bits per heavy atom. The third kappa shape index (κ3) is 7.02. The highest BCUT2D eigenvalue weighted by Gasteiger charge is 2.36. The van der Waals surface area contributed by atoms with Crippen LogP contribution in [0.1, 0.15) is 43.7 Å². The number of hydrogen-bond donors (Lipinski definition) is 2. The summed E-state index contributed by atoms with van der Waals surface area (Å²) < 4.78 is 18.4. The number of hydrogen-bond acceptors (Lipinski definition) is 2. The maximum absolute atomic E-state index is 13.2. The van der Waals surface area contributed by atoms with Crippen molar-refractivity contribution in [2.24, 2.45) is 10.4 Å². The van der Waals surface area contributed by atoms with Crippen LogP contribution < -0.4 is 10.6 Å². The molecule has 0 aromatic heterocycles. The molecule has 2 N–H and O–H groups in total. The minimum atomic E-state index is -0.175. The van der Waals surface area contributed by atoms with Gasteiger partial charge in [-0.1, -0.05) is 12.5 Å². The molecule has 0 aliphatic heterocycles. The highest BCUT2D eigenvalue weighted by Crippen LogP contribution is 2.44. The van der Waals surface area contributed by atoms with E-state index in [0.29, 0.717) is 5.41 Å². The normalized spacial score (nSPS) is 15.8. The van der Waals surface area contributed by atoms with Gasteiger partial charge in [0, 0.05) is 33.4 Å². The summed E-state index contributed by atoms with van der Waals surface area (Å²) in [5.41, 5.74) is 2.49. The van der Waals surface area contributed by atoms with Crippen LogP contribution in [-0.4, -0.2) is 39.3 Å². The van der Waals surface area contributed by atoms with Crippen LogP contribution in [0.25, 0.3) is 0 Å². The first kappa shape index (κ1) is 23.1. The summed E-state index contributed by atoms with van der Waals surface area (Å²) in [6.07, 6.45) is 5.72. The van der Waals surface area contributed by atoms with E-state index in [0.717, 1.165) is 50.6 Å². The molecule has 1 saturated carbocycles. The molecule has 0 heterocycles. The zero-order chi connectivity index (χ0) is 18.1. The fourth-order valence-electron chi connectivity index (χ4n) is 3.33. The van der Waals surface area contributed by atoms with Gasteiger partial charge in [-0.05, 0) is 68.2 Å². The molecule has 4 nitrogen and oxygen atoms in total. The predicted molar refractivity (Wildman–Crippen MR) is 117 cm³/mol. The number of ether oxygens (including phenoxy) is 1. The van der Waals surface area contributed by atoms with E-state index in [4.69, 9.17) is 9.73 Å². The van der Waals surface area contributed by atoms with Crippen molar-refractivity contribution >= 4 is 29.9 Å². The summed E-state index contributed by atoms with van der Waals surface area (Å²) in [6.45, 7) is 7.31. The lowest BCUT2D eigenvalue weighted by Crippen LogP contribution is -2.41. The average molecular weight is 477 g/mol. The van der Waals surface area contributed by atoms with Gasteiger partial charge in [0.05, 0.1) is 0 Å². The molecule has 26 heavy (non-hydrogen) atoms. The van der Waals surface area contributed by atoms with Crippen LogP contribution in [0.3, 0.4) is 0 Å². The van der Waals surface area contributed by atoms with E-state index in [9.17, 15) is 4.39 Å². The number of aliphatic imine (C=N–C) groups is 1. The van der Waals surface area contributed by atoms with E-state index in [2.05, 4.69) is 17.6 Å². The van der Waals surface area contributed by atoms with Crippen molar-refractivity contribution < 1.29 is 9.13 Å². The molecule has 0 spiro atoms. The van der Waals surface area contributed by atoms with Gasteiger partial charge in [0.2, 0.25) is 0 Å². The van der Waals surface area contributed by atoms with Gasteiger partial charge in [0.25, 0.3) is 0 Å². The molecule has 1 aromatic carbocycles. The quantitative estimate of drug-likeness (QED) is 0.321. The fraction of sp³-hybridized carbons (Fsp3) is 0.650. The number of nitrogens with zero attached hydrogens (tertiary/aromatic N) is 1. The Bertz CT molecular complexity index is 576. The SMILES string of the molecule is CCNC(=NCC1(CCOC)CCC1)NCCc1ccc(F)cc1C.I. The second-order valence-corrected chi connectivity index (χ2v) is 7.04. The van der Waals surface area contributed by atoms with Crippen LogP contribution in [0.4, 0.5) is 4.39 Å². The van der Waals surface area contributed by atoms with Crippen LogP contribution in [0.5, 0.6) is 0 Å². The third-order valence-corrected chi connectivity index (χ3v) is 5.16. The van der Waals surface area contributed by atoms with E-state index in [1.807, 2.05) is 13.0 Å². The highest BCUT2D eigenvalue weighted by atomic mass is 127. The van der Waals surface area contributed by atoms with Crippen molar-refractivity contribution in [3.63, 3.8) is 0 Å². The van der Waals surface area contributed by atoms with Gasteiger partial charge in [0.15, 0.2) is 5.96 Å². The van der Waals surface area contributed by atoms with Gasteiger partial charge in [-0.2, -0.15) is 0 Å². The van der Waals surface area contributed by atoms with Crippen molar-refractivity contribution in [2.75, 3.05) is 33.4 Å². The Hall–Kier alpha value is -0.890. The van der Waals surface area contributed by atoms with Gasteiger partial charge in [-0.3, -0.25) is 4.99 Å². The molecule has 148 valence electrons. The lowest BCUT2D eigenvalue weighted by molar-refractivity contribution is 0.0778. The largest absolute Gasteiger partial charge is 0.385 e. The number of nitrogens with one attached hydrogen (secondary N) is 2. The summed E-state index contributed by atoms with van der Waals surface area (Å²) in [4.78, 5) is 4.81. The molecule has 0 saturated heterocycles. The average Bonchev–Trinajstić information content (AvgIpc) is 2.55. The Morgan fingerprint density at radius 3 is 2.65 bits per heavy atom. The fourth-order valence-corrected chi connectivity index (χ4v) is 3.33. The second-order valence-electron chi connectivity index (χ2n) is 7.04. The molecule has 1 aliphatic rings. The summed E-state index contributed by atoms with van der Waals surface area (Å²) >= 11 is 0. The van der Waals surface area contributed by atoms with Crippen molar-refractivity contribution in [2.45, 2.75) is 46.0 Å². The maximum atomic E-state index is 13.2. The van der Waals surface area contributed by atoms with E-state index in [1.54, 1.807) is 13.2 Å². The Labute approximate surface area is 174 Å². The standard InChI is InChI=1S/C20H32FN3O.HI/c1-4-22-19(24-15-20(9-5-10-20)11-13-25-3)23-12-8-17-6-7-18(21)14-16(17)2;/h6-7,14H,4-5,8-13,15H2,1-3H3,(H2,22,23,24);1H. The lowest BCUT2D eigenvalue weighted by Gasteiger charge is -2.40. The molecule has 0 atom stereocenters. The number of benzene rings is 1. The van der Waals surface area contributed by atoms with Crippen molar-refractivity contribution in [3.8, 4) is 0 Å². The first-order valence-corrected chi connectivity index (χ1v) is 9.35. The van der Waals surface area contributed by atoms with Crippen LogP contribution >= 0.6 is 24.0 Å². The molecular weight excluding hydrogens is 444 g/mol. The zero-order valence-electron chi connectivity index (χ0n) is 16.2. The number of methoxy groups -OCH3 is 1. The number of rotatable bonds is 9. The Balaban J connectivity index is 0.00000338. The molecule has 0 bridgehead atoms. The van der Waals surface area contributed by atoms with Gasteiger partial charge in [-0.15, -0.1) is 24.0 Å². The second kappa shape index (κ2) is 11.7. The molecular formula is C20H33FIN3O. The molecule has 0 radical (unpaired) electrons. The van der Waals surface area contributed by atoms with Gasteiger partial charge in [0.1, 0.15) is 5.82 Å². The monoisotopic (exact) mass is 477 g/mol. The zero-order valence-corrected chi connectivity index (χ0v) is 18.6. The van der Waals surface area contributed by atoms with Crippen LogP contribution in [-0.2, 0) is 11.2 Å². The van der Waals surface area contributed by atoms with Crippen molar-refractivity contribution in [1.82, 2.24) is 10.6 Å². The smallest absolute Gasteiger partial charge is 0.191 e.